The Balaban J connectivity index is 1.09. The number of ether oxygens (including phenoxy) is 1. The van der Waals surface area contributed by atoms with E-state index in [0.29, 0.717) is 24.0 Å². The molecular formula is C33H35N3O. The molecule has 3 aliphatic carbocycles. The quantitative estimate of drug-likeness (QED) is 0.289. The van der Waals surface area contributed by atoms with Gasteiger partial charge in [0.15, 0.2) is 0 Å². The van der Waals surface area contributed by atoms with Crippen LogP contribution in [-0.4, -0.2) is 15.0 Å². The Bertz CT molecular complexity index is 1380. The summed E-state index contributed by atoms with van der Waals surface area (Å²) in [7, 11) is 0. The van der Waals surface area contributed by atoms with Crippen LogP contribution in [0.1, 0.15) is 67.7 Å². The zero-order chi connectivity index (χ0) is 24.8. The minimum absolute atomic E-state index is 0.291. The second-order valence-corrected chi connectivity index (χ2v) is 11.6. The molecule has 1 aromatic heterocycles. The molecule has 0 bridgehead atoms. The van der Waals surface area contributed by atoms with Crippen LogP contribution in [0, 0.1) is 17.3 Å². The summed E-state index contributed by atoms with van der Waals surface area (Å²) in [6, 6.07) is 28.2. The van der Waals surface area contributed by atoms with Crippen LogP contribution >= 0.6 is 0 Å². The Morgan fingerprint density at radius 1 is 0.919 bits per heavy atom. The van der Waals surface area contributed by atoms with E-state index in [0.717, 1.165) is 35.3 Å². The van der Waals surface area contributed by atoms with Crippen LogP contribution in [0.4, 0.5) is 0 Å². The number of aryl methyl sites for hydroxylation is 1. The monoisotopic (exact) mass is 489 g/mol. The number of aromatic nitrogens is 3. The second kappa shape index (κ2) is 9.16. The Morgan fingerprint density at radius 2 is 1.73 bits per heavy atom. The van der Waals surface area contributed by atoms with E-state index in [-0.39, 0.29) is 0 Å². The van der Waals surface area contributed by atoms with Gasteiger partial charge in [0.05, 0.1) is 12.2 Å². The number of rotatable bonds is 5. The Kier molecular flexibility index (Phi) is 5.64. The van der Waals surface area contributed by atoms with Gasteiger partial charge in [-0.2, -0.15) is 0 Å². The molecule has 0 N–H and O–H groups in total. The van der Waals surface area contributed by atoms with Gasteiger partial charge >= 0.3 is 0 Å². The molecule has 0 aliphatic heterocycles. The summed E-state index contributed by atoms with van der Waals surface area (Å²) in [5, 5.41) is 9.21. The fourth-order valence-corrected chi connectivity index (χ4v) is 7.97. The molecule has 0 spiro atoms. The molecule has 4 aromatic rings. The summed E-state index contributed by atoms with van der Waals surface area (Å²) >= 11 is 0. The van der Waals surface area contributed by atoms with Crippen molar-refractivity contribution < 1.29 is 4.74 Å². The smallest absolute Gasteiger partial charge is 0.120 e. The largest absolute Gasteiger partial charge is 0.489 e. The van der Waals surface area contributed by atoms with Gasteiger partial charge in [-0.3, -0.25) is 0 Å². The lowest BCUT2D eigenvalue weighted by molar-refractivity contribution is 0.0284. The van der Waals surface area contributed by atoms with E-state index in [1.807, 2.05) is 0 Å². The minimum Gasteiger partial charge on any atom is -0.489 e. The van der Waals surface area contributed by atoms with Gasteiger partial charge in [-0.05, 0) is 90.5 Å². The lowest BCUT2D eigenvalue weighted by Gasteiger charge is -2.50. The maximum Gasteiger partial charge on any atom is 0.120 e. The van der Waals surface area contributed by atoms with E-state index >= 15 is 0 Å². The predicted molar refractivity (Wildman–Crippen MR) is 146 cm³/mol. The van der Waals surface area contributed by atoms with E-state index in [9.17, 15) is 0 Å². The first-order valence-corrected chi connectivity index (χ1v) is 14.0. The molecule has 0 radical (unpaired) electrons. The molecule has 7 rings (SSSR count). The number of hydrogen-bond donors (Lipinski definition) is 0. The molecule has 2 saturated carbocycles. The van der Waals surface area contributed by atoms with Gasteiger partial charge in [0.25, 0.3) is 0 Å². The molecular weight excluding hydrogens is 454 g/mol. The average molecular weight is 490 g/mol. The van der Waals surface area contributed by atoms with Crippen molar-refractivity contribution in [3.63, 3.8) is 0 Å². The van der Waals surface area contributed by atoms with Gasteiger partial charge in [0.1, 0.15) is 18.1 Å². The van der Waals surface area contributed by atoms with E-state index in [1.54, 1.807) is 5.56 Å². The van der Waals surface area contributed by atoms with Gasteiger partial charge in [0, 0.05) is 5.56 Å². The number of hydrogen-bond acceptors (Lipinski definition) is 3. The van der Waals surface area contributed by atoms with E-state index in [1.165, 1.54) is 43.2 Å². The highest BCUT2D eigenvalue weighted by Crippen LogP contribution is 2.64. The van der Waals surface area contributed by atoms with Crippen LogP contribution < -0.4 is 4.74 Å². The van der Waals surface area contributed by atoms with Crippen LogP contribution in [-0.2, 0) is 13.0 Å². The van der Waals surface area contributed by atoms with Crippen molar-refractivity contribution in [1.29, 1.82) is 0 Å². The Hall–Kier alpha value is -3.40. The molecule has 188 valence electrons. The fourth-order valence-electron chi connectivity index (χ4n) is 7.97. The molecule has 5 atom stereocenters. The third kappa shape index (κ3) is 3.98. The topological polar surface area (TPSA) is 39.9 Å². The van der Waals surface area contributed by atoms with Crippen molar-refractivity contribution in [2.45, 2.75) is 64.0 Å². The lowest BCUT2D eigenvalue weighted by atomic mass is 9.55. The molecule has 3 aromatic carbocycles. The number of nitrogens with zero attached hydrogens (tertiary/aromatic N) is 3. The summed E-state index contributed by atoms with van der Waals surface area (Å²) in [4.78, 5) is 0. The maximum atomic E-state index is 6.16. The summed E-state index contributed by atoms with van der Waals surface area (Å²) < 4.78 is 8.37. The normalized spacial score (nSPS) is 28.2. The summed E-state index contributed by atoms with van der Waals surface area (Å²) in [5.41, 5.74) is 6.73. The molecule has 0 amide bonds. The van der Waals surface area contributed by atoms with Crippen molar-refractivity contribution >= 4 is 0 Å². The number of benzene rings is 3. The molecule has 4 nitrogen and oxygen atoms in total. The molecule has 3 aliphatic rings. The predicted octanol–water partition coefficient (Wildman–Crippen LogP) is 7.62. The Labute approximate surface area is 219 Å². The van der Waals surface area contributed by atoms with Crippen molar-refractivity contribution in [1.82, 2.24) is 15.0 Å². The first kappa shape index (κ1) is 22.8. The van der Waals surface area contributed by atoms with E-state index in [4.69, 9.17) is 4.74 Å². The number of fused-ring (bicyclic) bond motifs is 5. The SMILES string of the molecule is C[C@]12CC[C@@H]3c4ccc(OCc5ccccc5)cc4CC[C@H]3[C@@H]1CC[C@H]2n1cc(-c2ccccc2)nn1. The molecule has 37 heavy (non-hydrogen) atoms. The molecule has 4 heteroatoms. The van der Waals surface area contributed by atoms with E-state index < -0.39 is 0 Å². The van der Waals surface area contributed by atoms with Gasteiger partial charge in [-0.15, -0.1) is 5.10 Å². The van der Waals surface area contributed by atoms with Gasteiger partial charge in [0.2, 0.25) is 0 Å². The third-order valence-electron chi connectivity index (χ3n) is 9.80. The second-order valence-electron chi connectivity index (χ2n) is 11.6. The zero-order valence-electron chi connectivity index (χ0n) is 21.6. The van der Waals surface area contributed by atoms with Crippen molar-refractivity contribution in [2.24, 2.45) is 17.3 Å². The molecule has 2 fully saturated rings. The maximum absolute atomic E-state index is 6.16. The third-order valence-corrected chi connectivity index (χ3v) is 9.80. The van der Waals surface area contributed by atoms with Crippen LogP contribution in [0.5, 0.6) is 5.75 Å². The highest BCUT2D eigenvalue weighted by molar-refractivity contribution is 5.57. The van der Waals surface area contributed by atoms with Crippen LogP contribution in [0.3, 0.4) is 0 Å². The summed E-state index contributed by atoms with van der Waals surface area (Å²) in [6.07, 6.45) is 9.68. The molecule has 0 unspecified atom stereocenters. The van der Waals surface area contributed by atoms with E-state index in [2.05, 4.69) is 107 Å². The molecule has 0 saturated heterocycles. The lowest BCUT2D eigenvalue weighted by Crippen LogP contribution is -2.42. The standard InChI is InChI=1S/C33H35N3O/c1-33-19-18-28-27-15-13-26(37-22-23-8-4-2-5-9-23)20-25(27)12-14-29(28)30(33)16-17-32(33)36-21-31(34-35-36)24-10-6-3-7-11-24/h2-11,13,15,20-21,28-30,32H,12,14,16-19,22H2,1H3/t28-,29-,30+,32-,33+/m1/s1. The van der Waals surface area contributed by atoms with Gasteiger partial charge in [-0.25, -0.2) is 4.68 Å². The van der Waals surface area contributed by atoms with Crippen molar-refractivity contribution in [2.75, 3.05) is 0 Å². The van der Waals surface area contributed by atoms with Gasteiger partial charge < -0.3 is 4.74 Å². The van der Waals surface area contributed by atoms with Crippen LogP contribution in [0.2, 0.25) is 0 Å². The summed E-state index contributed by atoms with van der Waals surface area (Å²) in [6.45, 7) is 3.17. The zero-order valence-corrected chi connectivity index (χ0v) is 21.6. The summed E-state index contributed by atoms with van der Waals surface area (Å²) in [5.74, 6) is 3.20. The highest BCUT2D eigenvalue weighted by Gasteiger charge is 2.55. The Morgan fingerprint density at radius 3 is 2.57 bits per heavy atom. The highest BCUT2D eigenvalue weighted by atomic mass is 16.5. The first-order valence-electron chi connectivity index (χ1n) is 14.0. The minimum atomic E-state index is 0.291. The van der Waals surface area contributed by atoms with Crippen molar-refractivity contribution in [3.8, 4) is 17.0 Å². The van der Waals surface area contributed by atoms with Crippen LogP contribution in [0.25, 0.3) is 11.3 Å². The average Bonchev–Trinajstić information content (AvgIpc) is 3.57. The first-order chi connectivity index (χ1) is 18.2. The molecule has 1 heterocycles. The van der Waals surface area contributed by atoms with Gasteiger partial charge in [-0.1, -0.05) is 78.9 Å². The van der Waals surface area contributed by atoms with Crippen LogP contribution in [0.15, 0.2) is 85.1 Å². The fraction of sp³-hybridized carbons (Fsp3) is 0.394. The van der Waals surface area contributed by atoms with Crippen molar-refractivity contribution in [3.05, 3.63) is 102 Å².